The Hall–Kier alpha value is -4.52. The van der Waals surface area contributed by atoms with Gasteiger partial charge in [-0.05, 0) is 41.5 Å². The van der Waals surface area contributed by atoms with Crippen LogP contribution in [0.3, 0.4) is 0 Å². The number of amides is 2. The van der Waals surface area contributed by atoms with E-state index in [-0.39, 0.29) is 17.6 Å². The lowest BCUT2D eigenvalue weighted by Gasteiger charge is -2.11. The van der Waals surface area contributed by atoms with Crippen LogP contribution in [0.4, 0.5) is 10.1 Å². The second-order valence-electron chi connectivity index (χ2n) is 7.51. The predicted molar refractivity (Wildman–Crippen MR) is 147 cm³/mol. The van der Waals surface area contributed by atoms with Gasteiger partial charge < -0.3 is 20.7 Å². The standard InChI is InChI=1S/C24H21ClFN5O2.C4H6O/c1-16(32)31-22-13-21(25)20(23-15-28-8-10-29-23)12-18(22)4-7-24(33)30-11-9-27-14-17-2-5-19(26)6-3-17;1-3-4-5-2/h2-13,15,27H,14H2,1H3,(H,30,33)(H,31,32);1H,4H2,2H3/b7-4+,11-9+;. The van der Waals surface area contributed by atoms with Crippen molar-refractivity contribution in [2.24, 2.45) is 0 Å². The summed E-state index contributed by atoms with van der Waals surface area (Å²) in [5.41, 5.74) is 3.11. The molecule has 3 rings (SSSR count). The minimum atomic E-state index is -0.375. The van der Waals surface area contributed by atoms with Crippen molar-refractivity contribution in [3.05, 3.63) is 95.4 Å². The van der Waals surface area contributed by atoms with E-state index in [0.29, 0.717) is 40.7 Å². The zero-order chi connectivity index (χ0) is 27.8. The van der Waals surface area contributed by atoms with Crippen molar-refractivity contribution < 1.29 is 18.7 Å². The fraction of sp³-hybridized carbons (Fsp3) is 0.143. The number of anilines is 1. The number of rotatable bonds is 9. The van der Waals surface area contributed by atoms with E-state index in [9.17, 15) is 14.0 Å². The van der Waals surface area contributed by atoms with Gasteiger partial charge in [-0.2, -0.15) is 0 Å². The molecule has 0 aliphatic rings. The Kier molecular flexibility index (Phi) is 12.7. The predicted octanol–water partition coefficient (Wildman–Crippen LogP) is 4.55. The van der Waals surface area contributed by atoms with Crippen molar-refractivity contribution in [3.63, 3.8) is 0 Å². The maximum Gasteiger partial charge on any atom is 0.247 e. The molecule has 1 aromatic heterocycles. The summed E-state index contributed by atoms with van der Waals surface area (Å²) in [4.78, 5) is 32.1. The van der Waals surface area contributed by atoms with Crippen LogP contribution in [-0.4, -0.2) is 35.5 Å². The number of carbonyl (C=O) groups excluding carboxylic acids is 2. The molecule has 0 saturated heterocycles. The molecule has 0 saturated carbocycles. The summed E-state index contributed by atoms with van der Waals surface area (Å²) in [5, 5.41) is 8.69. The average molecular weight is 536 g/mol. The van der Waals surface area contributed by atoms with Crippen LogP contribution in [0.2, 0.25) is 5.02 Å². The van der Waals surface area contributed by atoms with E-state index in [1.807, 2.05) is 0 Å². The molecule has 8 nitrogen and oxygen atoms in total. The third kappa shape index (κ3) is 10.6. The summed E-state index contributed by atoms with van der Waals surface area (Å²) in [5.74, 6) is 1.36. The number of terminal acetylenes is 1. The van der Waals surface area contributed by atoms with Crippen molar-refractivity contribution in [3.8, 4) is 23.6 Å². The van der Waals surface area contributed by atoms with E-state index >= 15 is 0 Å². The van der Waals surface area contributed by atoms with E-state index in [1.54, 1.807) is 62.2 Å². The van der Waals surface area contributed by atoms with Crippen molar-refractivity contribution in [2.75, 3.05) is 19.0 Å². The zero-order valence-corrected chi connectivity index (χ0v) is 21.6. The maximum atomic E-state index is 12.9. The summed E-state index contributed by atoms with van der Waals surface area (Å²) in [6, 6.07) is 9.44. The summed E-state index contributed by atoms with van der Waals surface area (Å²) in [6.45, 7) is 2.28. The highest BCUT2D eigenvalue weighted by molar-refractivity contribution is 6.33. The third-order valence-corrected chi connectivity index (χ3v) is 4.89. The number of hydrogen-bond acceptors (Lipinski definition) is 6. The smallest absolute Gasteiger partial charge is 0.247 e. The SMILES string of the molecule is C#CCOC.CC(=O)Nc1cc(Cl)c(-c2cnccn2)cc1/C=C/C(=O)N/C=C/NCc1ccc(F)cc1. The van der Waals surface area contributed by atoms with Crippen molar-refractivity contribution in [1.82, 2.24) is 20.6 Å². The first-order chi connectivity index (χ1) is 18.3. The molecule has 0 fully saturated rings. The van der Waals surface area contributed by atoms with Crippen LogP contribution in [-0.2, 0) is 20.9 Å². The Bertz CT molecular complexity index is 1310. The number of benzene rings is 2. The molecule has 0 aliphatic carbocycles. The molecule has 0 radical (unpaired) electrons. The van der Waals surface area contributed by atoms with Crippen LogP contribution in [0, 0.1) is 18.2 Å². The van der Waals surface area contributed by atoms with Gasteiger partial charge >= 0.3 is 0 Å². The van der Waals surface area contributed by atoms with Crippen molar-refractivity contribution in [1.29, 1.82) is 0 Å². The lowest BCUT2D eigenvalue weighted by Crippen LogP contribution is -2.15. The van der Waals surface area contributed by atoms with Gasteiger partial charge in [-0.25, -0.2) is 4.39 Å². The number of hydrogen-bond donors (Lipinski definition) is 3. The number of nitrogens with one attached hydrogen (secondary N) is 3. The fourth-order valence-electron chi connectivity index (χ4n) is 2.92. The highest BCUT2D eigenvalue weighted by Crippen LogP contribution is 2.32. The molecule has 0 atom stereocenters. The van der Waals surface area contributed by atoms with Crippen molar-refractivity contribution >= 4 is 35.2 Å². The monoisotopic (exact) mass is 535 g/mol. The molecule has 3 N–H and O–H groups in total. The molecule has 38 heavy (non-hydrogen) atoms. The van der Waals surface area contributed by atoms with E-state index < -0.39 is 0 Å². The second kappa shape index (κ2) is 16.3. The molecular weight excluding hydrogens is 509 g/mol. The highest BCUT2D eigenvalue weighted by Gasteiger charge is 2.11. The fourth-order valence-corrected chi connectivity index (χ4v) is 3.18. The molecule has 0 aliphatic heterocycles. The Morgan fingerprint density at radius 3 is 2.55 bits per heavy atom. The molecule has 3 aromatic rings. The Morgan fingerprint density at radius 1 is 1.18 bits per heavy atom. The maximum absolute atomic E-state index is 12.9. The van der Waals surface area contributed by atoms with Gasteiger partial charge in [0, 0.05) is 62.7 Å². The quantitative estimate of drug-likeness (QED) is 0.274. The Balaban J connectivity index is 0.000000926. The normalized spacial score (nSPS) is 10.4. The number of ether oxygens (including phenoxy) is 1. The highest BCUT2D eigenvalue weighted by atomic mass is 35.5. The minimum absolute atomic E-state index is 0.271. The number of nitrogens with zero attached hydrogens (tertiary/aromatic N) is 2. The first kappa shape index (κ1) is 29.7. The minimum Gasteiger partial charge on any atom is -0.386 e. The van der Waals surface area contributed by atoms with Gasteiger partial charge in [0.25, 0.3) is 0 Å². The summed E-state index contributed by atoms with van der Waals surface area (Å²) < 4.78 is 17.4. The van der Waals surface area contributed by atoms with Gasteiger partial charge in [-0.3, -0.25) is 19.6 Å². The van der Waals surface area contributed by atoms with Gasteiger partial charge in [-0.1, -0.05) is 29.7 Å². The third-order valence-electron chi connectivity index (χ3n) is 4.58. The van der Waals surface area contributed by atoms with Gasteiger partial charge in [-0.15, -0.1) is 6.42 Å². The average Bonchev–Trinajstić information content (AvgIpc) is 2.90. The van der Waals surface area contributed by atoms with Crippen molar-refractivity contribution in [2.45, 2.75) is 13.5 Å². The molecule has 1 heterocycles. The van der Waals surface area contributed by atoms with Crippen LogP contribution in [0.15, 0.2) is 73.5 Å². The summed E-state index contributed by atoms with van der Waals surface area (Å²) >= 11 is 6.38. The number of aromatic nitrogens is 2. The summed E-state index contributed by atoms with van der Waals surface area (Å²) in [6.07, 6.45) is 15.4. The number of methoxy groups -OCH3 is 1. The first-order valence-corrected chi connectivity index (χ1v) is 11.6. The topological polar surface area (TPSA) is 105 Å². The zero-order valence-electron chi connectivity index (χ0n) is 20.9. The van der Waals surface area contributed by atoms with Crippen LogP contribution >= 0.6 is 11.6 Å². The summed E-state index contributed by atoms with van der Waals surface area (Å²) in [7, 11) is 1.57. The molecule has 196 valence electrons. The van der Waals surface area contributed by atoms with E-state index in [1.165, 1.54) is 31.3 Å². The van der Waals surface area contributed by atoms with Crippen LogP contribution in [0.1, 0.15) is 18.1 Å². The van der Waals surface area contributed by atoms with Gasteiger partial charge in [0.05, 0.1) is 16.9 Å². The van der Waals surface area contributed by atoms with Gasteiger partial charge in [0.2, 0.25) is 11.8 Å². The van der Waals surface area contributed by atoms with E-state index in [2.05, 4.69) is 36.6 Å². The Morgan fingerprint density at radius 2 is 1.95 bits per heavy atom. The Labute approximate surface area is 226 Å². The van der Waals surface area contributed by atoms with E-state index in [0.717, 1.165) is 5.56 Å². The molecule has 10 heteroatoms. The number of halogens is 2. The molecule has 0 unspecified atom stereocenters. The van der Waals surface area contributed by atoms with Gasteiger partial charge in [0.1, 0.15) is 12.4 Å². The molecule has 2 amide bonds. The number of carbonyl (C=O) groups is 2. The lowest BCUT2D eigenvalue weighted by molar-refractivity contribution is -0.115. The lowest BCUT2D eigenvalue weighted by atomic mass is 10.1. The molecule has 2 aromatic carbocycles. The van der Waals surface area contributed by atoms with Crippen LogP contribution in [0.25, 0.3) is 17.3 Å². The van der Waals surface area contributed by atoms with Gasteiger partial charge in [0.15, 0.2) is 0 Å². The molecule has 0 bridgehead atoms. The second-order valence-corrected chi connectivity index (χ2v) is 7.92. The molecule has 0 spiro atoms. The first-order valence-electron chi connectivity index (χ1n) is 11.3. The molecular formula is C28H27ClFN5O3. The van der Waals surface area contributed by atoms with Crippen LogP contribution < -0.4 is 16.0 Å². The van der Waals surface area contributed by atoms with E-state index in [4.69, 9.17) is 18.0 Å². The van der Waals surface area contributed by atoms with Crippen LogP contribution in [0.5, 0.6) is 0 Å². The largest absolute Gasteiger partial charge is 0.386 e.